The Hall–Kier alpha value is -2.22. The van der Waals surface area contributed by atoms with E-state index in [9.17, 15) is 20.0 Å². The van der Waals surface area contributed by atoms with E-state index in [1.165, 1.54) is 19.7 Å². The highest BCUT2D eigenvalue weighted by Gasteiger charge is 2.24. The van der Waals surface area contributed by atoms with Crippen molar-refractivity contribution in [3.8, 4) is 0 Å². The normalized spacial score (nSPS) is 16.6. The molecule has 0 bridgehead atoms. The fourth-order valence-corrected chi connectivity index (χ4v) is 2.84. The van der Waals surface area contributed by atoms with Gasteiger partial charge in [0.25, 0.3) is 0 Å². The zero-order valence-corrected chi connectivity index (χ0v) is 13.0. The number of methoxy groups -OCH3 is 1. The number of anilines is 1. The smallest absolute Gasteiger partial charge is 0.339 e. The van der Waals surface area contributed by atoms with E-state index in [1.807, 2.05) is 0 Å². The predicted molar refractivity (Wildman–Crippen MR) is 83.3 cm³/mol. The fraction of sp³-hybridized carbons (Fsp3) is 0.600. The van der Waals surface area contributed by atoms with Crippen molar-refractivity contribution < 1.29 is 19.6 Å². The van der Waals surface area contributed by atoms with Gasteiger partial charge in [-0.1, -0.05) is 19.3 Å². The van der Waals surface area contributed by atoms with Crippen LogP contribution < -0.4 is 5.32 Å². The summed E-state index contributed by atoms with van der Waals surface area (Å²) < 4.78 is 4.53. The number of nitro groups is 1. The molecule has 1 heterocycles. The lowest BCUT2D eigenvalue weighted by molar-refractivity contribution is -0.384. The van der Waals surface area contributed by atoms with Gasteiger partial charge < -0.3 is 15.2 Å². The molecule has 8 nitrogen and oxygen atoms in total. The number of pyridine rings is 1. The van der Waals surface area contributed by atoms with Crippen LogP contribution in [0.2, 0.25) is 0 Å². The maximum absolute atomic E-state index is 11.4. The maximum atomic E-state index is 11.4. The van der Waals surface area contributed by atoms with Crippen molar-refractivity contribution in [3.05, 3.63) is 27.9 Å². The molecule has 1 atom stereocenters. The van der Waals surface area contributed by atoms with E-state index in [2.05, 4.69) is 15.0 Å². The molecule has 2 N–H and O–H groups in total. The third-order valence-corrected chi connectivity index (χ3v) is 4.16. The molecular formula is C15H21N3O5. The zero-order chi connectivity index (χ0) is 16.8. The lowest BCUT2D eigenvalue weighted by atomic mass is 9.85. The van der Waals surface area contributed by atoms with Gasteiger partial charge in [-0.3, -0.25) is 10.1 Å². The third kappa shape index (κ3) is 4.38. The average molecular weight is 323 g/mol. The van der Waals surface area contributed by atoms with E-state index in [0.29, 0.717) is 0 Å². The van der Waals surface area contributed by atoms with Crippen molar-refractivity contribution in [2.75, 3.05) is 19.0 Å². The second-order valence-electron chi connectivity index (χ2n) is 5.69. The van der Waals surface area contributed by atoms with E-state index in [4.69, 9.17) is 0 Å². The number of carbonyl (C=O) groups excluding carboxylic acids is 1. The highest BCUT2D eigenvalue weighted by atomic mass is 16.6. The van der Waals surface area contributed by atoms with Gasteiger partial charge in [-0.25, -0.2) is 9.78 Å². The molecule has 1 aromatic rings. The first kappa shape index (κ1) is 17.1. The topological polar surface area (TPSA) is 115 Å². The number of nitrogens with zero attached hydrogens (tertiary/aromatic N) is 2. The molecule has 1 aliphatic rings. The average Bonchev–Trinajstić information content (AvgIpc) is 2.59. The summed E-state index contributed by atoms with van der Waals surface area (Å²) >= 11 is 0. The molecule has 8 heteroatoms. The summed E-state index contributed by atoms with van der Waals surface area (Å²) in [6.07, 6.45) is 5.99. The molecule has 1 unspecified atom stereocenters. The number of ether oxygens (including phenoxy) is 1. The van der Waals surface area contributed by atoms with E-state index in [0.717, 1.165) is 31.7 Å². The van der Waals surface area contributed by atoms with Gasteiger partial charge in [0.15, 0.2) is 0 Å². The Morgan fingerprint density at radius 3 is 2.83 bits per heavy atom. The minimum Gasteiger partial charge on any atom is -0.465 e. The van der Waals surface area contributed by atoms with E-state index < -0.39 is 17.0 Å². The van der Waals surface area contributed by atoms with Gasteiger partial charge in [0.2, 0.25) is 5.82 Å². The molecule has 0 radical (unpaired) electrons. The molecule has 1 saturated carbocycles. The van der Waals surface area contributed by atoms with Crippen LogP contribution in [0.15, 0.2) is 12.3 Å². The molecule has 0 spiro atoms. The van der Waals surface area contributed by atoms with Crippen molar-refractivity contribution in [2.24, 2.45) is 5.92 Å². The van der Waals surface area contributed by atoms with E-state index in [-0.39, 0.29) is 29.5 Å². The third-order valence-electron chi connectivity index (χ3n) is 4.16. The number of aliphatic hydroxyl groups excluding tert-OH is 1. The Labute approximate surface area is 134 Å². The number of hydrogen-bond donors (Lipinski definition) is 2. The maximum Gasteiger partial charge on any atom is 0.339 e. The van der Waals surface area contributed by atoms with Crippen LogP contribution in [0.3, 0.4) is 0 Å². The number of carbonyl (C=O) groups is 1. The van der Waals surface area contributed by atoms with Crippen molar-refractivity contribution in [1.82, 2.24) is 4.98 Å². The van der Waals surface area contributed by atoms with Crippen molar-refractivity contribution >= 4 is 17.5 Å². The number of aliphatic hydroxyl groups is 1. The van der Waals surface area contributed by atoms with Crippen LogP contribution in [0, 0.1) is 16.0 Å². The largest absolute Gasteiger partial charge is 0.465 e. The predicted octanol–water partition coefficient (Wildman–Crippen LogP) is 2.13. The van der Waals surface area contributed by atoms with Crippen LogP contribution in [-0.4, -0.2) is 40.7 Å². The monoisotopic (exact) mass is 323 g/mol. The SMILES string of the molecule is COC(=O)c1cnc(NCC(O)C2CCCCC2)c([N+](=O)[O-])c1. The van der Waals surface area contributed by atoms with Gasteiger partial charge in [-0.15, -0.1) is 0 Å². The van der Waals surface area contributed by atoms with Crippen LogP contribution in [-0.2, 0) is 4.74 Å². The number of esters is 1. The van der Waals surface area contributed by atoms with E-state index >= 15 is 0 Å². The summed E-state index contributed by atoms with van der Waals surface area (Å²) in [6, 6.07) is 1.12. The van der Waals surface area contributed by atoms with Gasteiger partial charge in [0, 0.05) is 18.8 Å². The van der Waals surface area contributed by atoms with Crippen molar-refractivity contribution in [3.63, 3.8) is 0 Å². The van der Waals surface area contributed by atoms with Crippen LogP contribution in [0.25, 0.3) is 0 Å². The highest BCUT2D eigenvalue weighted by Crippen LogP contribution is 2.28. The quantitative estimate of drug-likeness (QED) is 0.468. The molecule has 2 rings (SSSR count). The Morgan fingerprint density at radius 2 is 2.22 bits per heavy atom. The Balaban J connectivity index is 2.06. The Morgan fingerprint density at radius 1 is 1.52 bits per heavy atom. The molecule has 1 aromatic heterocycles. The zero-order valence-electron chi connectivity index (χ0n) is 13.0. The second-order valence-corrected chi connectivity index (χ2v) is 5.69. The van der Waals surface area contributed by atoms with Crippen molar-refractivity contribution in [2.45, 2.75) is 38.2 Å². The van der Waals surface area contributed by atoms with Gasteiger partial charge in [0.1, 0.15) is 0 Å². The lowest BCUT2D eigenvalue weighted by Crippen LogP contribution is -2.30. The molecule has 1 aliphatic carbocycles. The fourth-order valence-electron chi connectivity index (χ4n) is 2.84. The standard InChI is InChI=1S/C15H21N3O5/c1-23-15(20)11-7-12(18(21)22)14(16-8-11)17-9-13(19)10-5-3-2-4-6-10/h7-8,10,13,19H,2-6,9H2,1H3,(H,16,17). The van der Waals surface area contributed by atoms with Crippen LogP contribution in [0.5, 0.6) is 0 Å². The molecule has 0 amide bonds. The van der Waals surface area contributed by atoms with Gasteiger partial charge in [0.05, 0.1) is 23.7 Å². The number of rotatable bonds is 6. The summed E-state index contributed by atoms with van der Waals surface area (Å²) in [7, 11) is 1.20. The number of hydrogen-bond acceptors (Lipinski definition) is 7. The number of nitrogens with one attached hydrogen (secondary N) is 1. The van der Waals surface area contributed by atoms with Crippen LogP contribution >= 0.6 is 0 Å². The summed E-state index contributed by atoms with van der Waals surface area (Å²) in [5.41, 5.74) is -0.304. The molecule has 0 aliphatic heterocycles. The van der Waals surface area contributed by atoms with Gasteiger partial charge >= 0.3 is 11.7 Å². The van der Waals surface area contributed by atoms with Crippen LogP contribution in [0.4, 0.5) is 11.5 Å². The summed E-state index contributed by atoms with van der Waals surface area (Å²) in [5.74, 6) is -0.434. The molecule has 126 valence electrons. The summed E-state index contributed by atoms with van der Waals surface area (Å²) in [6.45, 7) is 0.191. The second kappa shape index (κ2) is 7.87. The first-order valence-corrected chi connectivity index (χ1v) is 7.67. The molecule has 23 heavy (non-hydrogen) atoms. The summed E-state index contributed by atoms with van der Waals surface area (Å²) in [4.78, 5) is 25.9. The van der Waals surface area contributed by atoms with Crippen molar-refractivity contribution in [1.29, 1.82) is 0 Å². The molecule has 1 fully saturated rings. The van der Waals surface area contributed by atoms with Gasteiger partial charge in [-0.05, 0) is 18.8 Å². The molecule has 0 saturated heterocycles. The highest BCUT2D eigenvalue weighted by molar-refractivity contribution is 5.90. The lowest BCUT2D eigenvalue weighted by Gasteiger charge is -2.26. The first-order chi connectivity index (χ1) is 11.0. The Kier molecular flexibility index (Phi) is 5.86. The molecule has 0 aromatic carbocycles. The van der Waals surface area contributed by atoms with E-state index in [1.54, 1.807) is 0 Å². The summed E-state index contributed by atoms with van der Waals surface area (Å²) in [5, 5.41) is 24.2. The number of aromatic nitrogens is 1. The first-order valence-electron chi connectivity index (χ1n) is 7.67. The minimum atomic E-state index is -0.686. The minimum absolute atomic E-state index is 0.0116. The van der Waals surface area contributed by atoms with Gasteiger partial charge in [-0.2, -0.15) is 0 Å². The molecular weight excluding hydrogens is 302 g/mol. The Bertz CT molecular complexity index is 572. The van der Waals surface area contributed by atoms with Crippen LogP contribution in [0.1, 0.15) is 42.5 Å².